The number of carboxylic acid groups (broad SMARTS) is 2. The third-order valence-electron chi connectivity index (χ3n) is 6.12. The van der Waals surface area contributed by atoms with E-state index in [2.05, 4.69) is 0 Å². The van der Waals surface area contributed by atoms with Crippen LogP contribution in [0.4, 0.5) is 0 Å². The number of amides is 1. The quantitative estimate of drug-likeness (QED) is 0.740. The fourth-order valence-corrected chi connectivity index (χ4v) is 4.84. The number of aromatic nitrogens is 1. The molecule has 2 saturated heterocycles. The first kappa shape index (κ1) is 21.3. The first-order valence-corrected chi connectivity index (χ1v) is 9.69. The molecule has 8 heteroatoms. The maximum absolute atomic E-state index is 13.2. The van der Waals surface area contributed by atoms with E-state index >= 15 is 0 Å². The van der Waals surface area contributed by atoms with Crippen molar-refractivity contribution in [3.05, 3.63) is 70.1 Å². The highest BCUT2D eigenvalue weighted by Gasteiger charge is 2.61. The van der Waals surface area contributed by atoms with E-state index in [1.165, 1.54) is 10.6 Å². The molecule has 0 radical (unpaired) electrons. The molecule has 3 atom stereocenters. The van der Waals surface area contributed by atoms with Crippen LogP contribution in [0.25, 0.3) is 0 Å². The summed E-state index contributed by atoms with van der Waals surface area (Å²) in [6.45, 7) is -0.250. The Morgan fingerprint density at radius 3 is 2.47 bits per heavy atom. The van der Waals surface area contributed by atoms with Crippen molar-refractivity contribution in [1.29, 1.82) is 0 Å². The van der Waals surface area contributed by atoms with Gasteiger partial charge in [0.1, 0.15) is 5.56 Å². The smallest absolute Gasteiger partial charge is 0.312 e. The van der Waals surface area contributed by atoms with E-state index in [1.807, 2.05) is 30.3 Å². The molecule has 2 bridgehead atoms. The van der Waals surface area contributed by atoms with Crippen LogP contribution in [0.15, 0.2) is 53.5 Å². The number of carboxylic acids is 1. The number of benzene rings is 1. The van der Waals surface area contributed by atoms with Gasteiger partial charge in [0.2, 0.25) is 0 Å². The number of aryl methyl sites for hydroxylation is 1. The zero-order valence-electron chi connectivity index (χ0n) is 16.6. The van der Waals surface area contributed by atoms with Gasteiger partial charge < -0.3 is 19.7 Å². The second-order valence-electron chi connectivity index (χ2n) is 7.73. The monoisotopic (exact) mass is 412 g/mol. The van der Waals surface area contributed by atoms with Gasteiger partial charge in [-0.15, -0.1) is 0 Å². The molecule has 2 aromatic rings. The summed E-state index contributed by atoms with van der Waals surface area (Å²) in [5, 5.41) is 17.0. The molecule has 0 spiro atoms. The molecule has 2 fully saturated rings. The van der Waals surface area contributed by atoms with Crippen LogP contribution in [0.3, 0.4) is 0 Å². The van der Waals surface area contributed by atoms with Crippen LogP contribution in [0.2, 0.25) is 0 Å². The van der Waals surface area contributed by atoms with Gasteiger partial charge in [-0.1, -0.05) is 30.3 Å². The van der Waals surface area contributed by atoms with Gasteiger partial charge in [0.05, 0.1) is 5.41 Å². The molecule has 2 N–H and O–H groups in total. The van der Waals surface area contributed by atoms with Crippen LogP contribution in [-0.4, -0.2) is 50.1 Å². The number of nitrogens with zero attached hydrogens (tertiary/aromatic N) is 2. The molecule has 3 heterocycles. The number of carbonyl (C=O) groups is 3. The highest BCUT2D eigenvalue weighted by Crippen LogP contribution is 2.52. The lowest BCUT2D eigenvalue weighted by Gasteiger charge is -2.33. The van der Waals surface area contributed by atoms with Crippen molar-refractivity contribution in [2.45, 2.75) is 37.8 Å². The molecule has 1 aromatic carbocycles. The molecule has 2 aliphatic rings. The van der Waals surface area contributed by atoms with E-state index in [-0.39, 0.29) is 29.5 Å². The number of pyridine rings is 1. The number of rotatable bonds is 4. The van der Waals surface area contributed by atoms with Gasteiger partial charge in [-0.25, -0.2) is 0 Å². The van der Waals surface area contributed by atoms with Crippen molar-refractivity contribution in [3.8, 4) is 0 Å². The SMILES string of the molecule is Cn1cccc(C(=O)N2[C@H]3CC[C@@H]2[C@](Cc2ccccc2)(C(=O)O)C3)c1=O.O=CO. The van der Waals surface area contributed by atoms with E-state index in [0.717, 1.165) is 12.0 Å². The van der Waals surface area contributed by atoms with Crippen LogP contribution in [-0.2, 0) is 23.1 Å². The third-order valence-corrected chi connectivity index (χ3v) is 6.12. The van der Waals surface area contributed by atoms with Gasteiger partial charge in [-0.3, -0.25) is 19.2 Å². The van der Waals surface area contributed by atoms with Gasteiger partial charge in [0, 0.05) is 25.3 Å². The average Bonchev–Trinajstić information content (AvgIpc) is 3.27. The summed E-state index contributed by atoms with van der Waals surface area (Å²) in [5.41, 5.74) is -0.286. The van der Waals surface area contributed by atoms with Gasteiger partial charge in [-0.05, 0) is 43.4 Å². The summed E-state index contributed by atoms with van der Waals surface area (Å²) in [6, 6.07) is 12.2. The summed E-state index contributed by atoms with van der Waals surface area (Å²) < 4.78 is 1.37. The molecule has 158 valence electrons. The first-order valence-electron chi connectivity index (χ1n) is 9.69. The number of carbonyl (C=O) groups excluding carboxylic acids is 1. The normalized spacial score (nSPS) is 24.1. The highest BCUT2D eigenvalue weighted by molar-refractivity contribution is 5.95. The molecule has 2 aliphatic heterocycles. The van der Waals surface area contributed by atoms with E-state index < -0.39 is 17.4 Å². The first-order chi connectivity index (χ1) is 14.4. The summed E-state index contributed by atoms with van der Waals surface area (Å²) in [5.74, 6) is -1.21. The van der Waals surface area contributed by atoms with Crippen molar-refractivity contribution < 1.29 is 24.6 Å². The Morgan fingerprint density at radius 2 is 1.83 bits per heavy atom. The Bertz CT molecular complexity index is 1000. The Balaban J connectivity index is 0.000000806. The Morgan fingerprint density at radius 1 is 1.17 bits per heavy atom. The summed E-state index contributed by atoms with van der Waals surface area (Å²) in [7, 11) is 1.61. The predicted molar refractivity (Wildman–Crippen MR) is 108 cm³/mol. The van der Waals surface area contributed by atoms with Crippen LogP contribution in [0.5, 0.6) is 0 Å². The molecule has 0 saturated carbocycles. The number of hydrogen-bond acceptors (Lipinski definition) is 4. The minimum absolute atomic E-state index is 0.109. The third kappa shape index (κ3) is 3.60. The lowest BCUT2D eigenvalue weighted by Crippen LogP contribution is -2.47. The lowest BCUT2D eigenvalue weighted by molar-refractivity contribution is -0.150. The highest BCUT2D eigenvalue weighted by atomic mass is 16.4. The van der Waals surface area contributed by atoms with Crippen molar-refractivity contribution >= 4 is 18.3 Å². The van der Waals surface area contributed by atoms with Crippen molar-refractivity contribution in [2.24, 2.45) is 12.5 Å². The number of hydrogen-bond donors (Lipinski definition) is 2. The molecule has 0 unspecified atom stereocenters. The molecular formula is C22H24N2O6. The van der Waals surface area contributed by atoms with E-state index in [0.29, 0.717) is 19.3 Å². The molecule has 0 aliphatic carbocycles. The largest absolute Gasteiger partial charge is 0.483 e. The molecular weight excluding hydrogens is 388 g/mol. The van der Waals surface area contributed by atoms with Crippen molar-refractivity contribution in [2.75, 3.05) is 0 Å². The second kappa shape index (κ2) is 8.52. The maximum Gasteiger partial charge on any atom is 0.312 e. The van der Waals surface area contributed by atoms with Crippen LogP contribution < -0.4 is 5.56 Å². The van der Waals surface area contributed by atoms with Crippen LogP contribution >= 0.6 is 0 Å². The standard InChI is InChI=1S/C21H22N2O4.CH2O2/c1-22-11-5-8-16(18(22)24)19(25)23-15-9-10-17(23)21(13-15,20(26)27)12-14-6-3-2-4-7-14;2-1-3/h2-8,11,15,17H,9-10,12-13H2,1H3,(H,26,27);1H,(H,2,3)/t15-,17+,21+;/m0./s1. The second-order valence-corrected chi connectivity index (χ2v) is 7.73. The molecule has 30 heavy (non-hydrogen) atoms. The lowest BCUT2D eigenvalue weighted by atomic mass is 9.70. The Kier molecular flexibility index (Phi) is 6.05. The topological polar surface area (TPSA) is 117 Å². The molecule has 1 aromatic heterocycles. The molecule has 4 rings (SSSR count). The summed E-state index contributed by atoms with van der Waals surface area (Å²) in [4.78, 5) is 47.9. The zero-order valence-corrected chi connectivity index (χ0v) is 16.6. The summed E-state index contributed by atoms with van der Waals surface area (Å²) >= 11 is 0. The number of aliphatic carboxylic acids is 1. The van der Waals surface area contributed by atoms with Gasteiger partial charge in [0.25, 0.3) is 17.9 Å². The molecule has 1 amide bonds. The van der Waals surface area contributed by atoms with E-state index in [4.69, 9.17) is 9.90 Å². The van der Waals surface area contributed by atoms with Crippen molar-refractivity contribution in [3.63, 3.8) is 0 Å². The van der Waals surface area contributed by atoms with Gasteiger partial charge >= 0.3 is 5.97 Å². The minimum Gasteiger partial charge on any atom is -0.483 e. The fraction of sp³-hybridized carbons (Fsp3) is 0.364. The fourth-order valence-electron chi connectivity index (χ4n) is 4.84. The van der Waals surface area contributed by atoms with Gasteiger partial charge in [0.15, 0.2) is 0 Å². The Labute approximate surface area is 173 Å². The Hall–Kier alpha value is -3.42. The average molecular weight is 412 g/mol. The maximum atomic E-state index is 13.2. The van der Waals surface area contributed by atoms with E-state index in [1.54, 1.807) is 24.2 Å². The zero-order chi connectivity index (χ0) is 21.9. The van der Waals surface area contributed by atoms with E-state index in [9.17, 15) is 19.5 Å². The predicted octanol–water partition coefficient (Wildman–Crippen LogP) is 1.78. The minimum atomic E-state index is -1.00. The van der Waals surface area contributed by atoms with Crippen molar-refractivity contribution in [1.82, 2.24) is 9.47 Å². The molecule has 8 nitrogen and oxygen atoms in total. The van der Waals surface area contributed by atoms with Gasteiger partial charge in [-0.2, -0.15) is 0 Å². The summed E-state index contributed by atoms with van der Waals surface area (Å²) in [6.07, 6.45) is 3.87. The van der Waals surface area contributed by atoms with Crippen LogP contribution in [0, 0.1) is 5.41 Å². The number of fused-ring (bicyclic) bond motifs is 2. The van der Waals surface area contributed by atoms with Crippen LogP contribution in [0.1, 0.15) is 35.2 Å².